The van der Waals surface area contributed by atoms with Crippen LogP contribution < -0.4 is 5.32 Å². The third-order valence-electron chi connectivity index (χ3n) is 4.86. The van der Waals surface area contributed by atoms with Crippen LogP contribution in [-0.2, 0) is 4.79 Å². The second-order valence-corrected chi connectivity index (χ2v) is 7.87. The smallest absolute Gasteiger partial charge is 0.265 e. The lowest BCUT2D eigenvalue weighted by atomic mass is 9.97. The van der Waals surface area contributed by atoms with E-state index in [1.807, 2.05) is 60.7 Å². The summed E-state index contributed by atoms with van der Waals surface area (Å²) in [4.78, 5) is 32.3. The Bertz CT molecular complexity index is 956. The number of hydrogen-bond acceptors (Lipinski definition) is 4. The molecule has 5 nitrogen and oxygen atoms in total. The molecule has 2 heterocycles. The average molecular weight is 391 g/mol. The van der Waals surface area contributed by atoms with E-state index < -0.39 is 0 Å². The molecule has 1 N–H and O–H groups in total. The maximum atomic E-state index is 12.9. The van der Waals surface area contributed by atoms with Crippen molar-refractivity contribution in [1.29, 1.82) is 0 Å². The molecule has 2 amide bonds. The van der Waals surface area contributed by atoms with Crippen LogP contribution in [0.4, 0.5) is 5.69 Å². The Kier molecular flexibility index (Phi) is 5.48. The van der Waals surface area contributed by atoms with Crippen LogP contribution in [0, 0.1) is 5.92 Å². The number of benzene rings is 2. The Balaban J connectivity index is 1.42. The molecule has 0 spiro atoms. The quantitative estimate of drug-likeness (QED) is 0.721. The molecule has 3 aromatic rings. The Labute approximate surface area is 168 Å². The third-order valence-corrected chi connectivity index (χ3v) is 5.89. The molecule has 0 bridgehead atoms. The first-order chi connectivity index (χ1) is 13.7. The molecule has 1 aliphatic rings. The summed E-state index contributed by atoms with van der Waals surface area (Å²) in [6.45, 7) is 1.11. The van der Waals surface area contributed by atoms with E-state index in [1.54, 1.807) is 11.1 Å². The summed E-state index contributed by atoms with van der Waals surface area (Å²) >= 11 is 1.40. The first kappa shape index (κ1) is 18.4. The van der Waals surface area contributed by atoms with Crippen molar-refractivity contribution in [3.63, 3.8) is 0 Å². The maximum absolute atomic E-state index is 12.9. The average Bonchev–Trinajstić information content (AvgIpc) is 3.25. The van der Waals surface area contributed by atoms with Gasteiger partial charge >= 0.3 is 0 Å². The lowest BCUT2D eigenvalue weighted by Gasteiger charge is -2.31. The summed E-state index contributed by atoms with van der Waals surface area (Å²) in [7, 11) is 0. The zero-order valence-electron chi connectivity index (χ0n) is 15.4. The van der Waals surface area contributed by atoms with E-state index in [9.17, 15) is 9.59 Å². The molecule has 0 saturated carbocycles. The standard InChI is InChI=1S/C22H21N3O2S/c26-20(24-18-11-5-2-6-12-18)17-10-7-13-25(15-17)22(27)19-14-23-21(28-19)16-8-3-1-4-9-16/h1-6,8-9,11-12,14,17H,7,10,13,15H2,(H,24,26). The van der Waals surface area contributed by atoms with E-state index in [0.29, 0.717) is 18.0 Å². The molecule has 1 unspecified atom stereocenters. The van der Waals surface area contributed by atoms with Crippen molar-refractivity contribution in [3.8, 4) is 10.6 Å². The highest BCUT2D eigenvalue weighted by Gasteiger charge is 2.29. The van der Waals surface area contributed by atoms with Crippen LogP contribution in [0.25, 0.3) is 10.6 Å². The summed E-state index contributed by atoms with van der Waals surface area (Å²) in [5.74, 6) is -0.269. The second kappa shape index (κ2) is 8.35. The minimum Gasteiger partial charge on any atom is -0.337 e. The molecule has 4 rings (SSSR count). The van der Waals surface area contributed by atoms with Gasteiger partial charge in [-0.05, 0) is 25.0 Å². The van der Waals surface area contributed by atoms with Gasteiger partial charge in [0.25, 0.3) is 5.91 Å². The highest BCUT2D eigenvalue weighted by molar-refractivity contribution is 7.16. The maximum Gasteiger partial charge on any atom is 0.265 e. The Morgan fingerprint density at radius 3 is 2.50 bits per heavy atom. The fourth-order valence-corrected chi connectivity index (χ4v) is 4.27. The van der Waals surface area contributed by atoms with Gasteiger partial charge in [0.15, 0.2) is 0 Å². The lowest BCUT2D eigenvalue weighted by Crippen LogP contribution is -2.43. The Morgan fingerprint density at radius 2 is 1.75 bits per heavy atom. The highest BCUT2D eigenvalue weighted by atomic mass is 32.1. The first-order valence-corrected chi connectivity index (χ1v) is 10.2. The SMILES string of the molecule is O=C(Nc1ccccc1)C1CCCN(C(=O)c2cnc(-c3ccccc3)s2)C1. The molecule has 1 saturated heterocycles. The fourth-order valence-electron chi connectivity index (χ4n) is 3.38. The molecule has 0 radical (unpaired) electrons. The summed E-state index contributed by atoms with van der Waals surface area (Å²) < 4.78 is 0. The molecule has 1 aliphatic heterocycles. The van der Waals surface area contributed by atoms with Crippen molar-refractivity contribution in [1.82, 2.24) is 9.88 Å². The molecule has 2 aromatic carbocycles. The van der Waals surface area contributed by atoms with Crippen LogP contribution >= 0.6 is 11.3 Å². The van der Waals surface area contributed by atoms with E-state index in [0.717, 1.165) is 29.1 Å². The van der Waals surface area contributed by atoms with Crippen molar-refractivity contribution >= 4 is 28.8 Å². The van der Waals surface area contributed by atoms with E-state index in [1.165, 1.54) is 11.3 Å². The number of piperidine rings is 1. The van der Waals surface area contributed by atoms with Gasteiger partial charge in [0, 0.05) is 24.3 Å². The van der Waals surface area contributed by atoms with Crippen molar-refractivity contribution in [3.05, 3.63) is 71.7 Å². The highest BCUT2D eigenvalue weighted by Crippen LogP contribution is 2.27. The summed E-state index contributed by atoms with van der Waals surface area (Å²) in [6, 6.07) is 19.3. The van der Waals surface area contributed by atoms with Crippen molar-refractivity contribution in [2.24, 2.45) is 5.92 Å². The predicted molar refractivity (Wildman–Crippen MR) is 111 cm³/mol. The number of aromatic nitrogens is 1. The van der Waals surface area contributed by atoms with Gasteiger partial charge in [-0.25, -0.2) is 4.98 Å². The number of anilines is 1. The van der Waals surface area contributed by atoms with Crippen molar-refractivity contribution in [2.45, 2.75) is 12.8 Å². The van der Waals surface area contributed by atoms with Gasteiger partial charge in [-0.1, -0.05) is 48.5 Å². The van der Waals surface area contributed by atoms with Gasteiger partial charge in [-0.2, -0.15) is 0 Å². The molecule has 142 valence electrons. The largest absolute Gasteiger partial charge is 0.337 e. The number of amides is 2. The normalized spacial score (nSPS) is 16.6. The number of carbonyl (C=O) groups is 2. The van der Waals surface area contributed by atoms with Crippen LogP contribution in [-0.4, -0.2) is 34.8 Å². The van der Waals surface area contributed by atoms with E-state index in [-0.39, 0.29) is 17.7 Å². The van der Waals surface area contributed by atoms with Gasteiger partial charge in [0.05, 0.1) is 12.1 Å². The molecule has 1 aromatic heterocycles. The molecule has 0 aliphatic carbocycles. The zero-order chi connectivity index (χ0) is 19.3. The predicted octanol–water partition coefficient (Wildman–Crippen LogP) is 4.30. The first-order valence-electron chi connectivity index (χ1n) is 9.37. The van der Waals surface area contributed by atoms with Crippen molar-refractivity contribution in [2.75, 3.05) is 18.4 Å². The molecule has 6 heteroatoms. The second-order valence-electron chi connectivity index (χ2n) is 6.84. The monoisotopic (exact) mass is 391 g/mol. The van der Waals surface area contributed by atoms with E-state index in [2.05, 4.69) is 10.3 Å². The number of nitrogens with zero attached hydrogens (tertiary/aromatic N) is 2. The number of carbonyl (C=O) groups excluding carboxylic acids is 2. The Morgan fingerprint density at radius 1 is 1.04 bits per heavy atom. The van der Waals surface area contributed by atoms with Crippen LogP contribution in [0.3, 0.4) is 0 Å². The third kappa shape index (κ3) is 4.12. The minimum absolute atomic E-state index is 0.0296. The number of likely N-dealkylation sites (tertiary alicyclic amines) is 1. The van der Waals surface area contributed by atoms with Gasteiger partial charge in [0.2, 0.25) is 5.91 Å². The van der Waals surface area contributed by atoms with Gasteiger partial charge in [-0.3, -0.25) is 9.59 Å². The van der Waals surface area contributed by atoms with E-state index >= 15 is 0 Å². The number of hydrogen-bond donors (Lipinski definition) is 1. The molecular formula is C22H21N3O2S. The summed E-state index contributed by atoms with van der Waals surface area (Å²) in [5.41, 5.74) is 1.79. The number of rotatable bonds is 4. The molecule has 1 atom stereocenters. The minimum atomic E-state index is -0.195. The van der Waals surface area contributed by atoms with Gasteiger partial charge < -0.3 is 10.2 Å². The molecular weight excluding hydrogens is 370 g/mol. The molecule has 28 heavy (non-hydrogen) atoms. The number of nitrogens with one attached hydrogen (secondary N) is 1. The summed E-state index contributed by atoms with van der Waals surface area (Å²) in [6.07, 6.45) is 3.26. The lowest BCUT2D eigenvalue weighted by molar-refractivity contribution is -0.121. The molecule has 1 fully saturated rings. The zero-order valence-corrected chi connectivity index (χ0v) is 16.2. The number of thiazole rings is 1. The van der Waals surface area contributed by atoms with Crippen LogP contribution in [0.15, 0.2) is 66.9 Å². The van der Waals surface area contributed by atoms with Crippen LogP contribution in [0.1, 0.15) is 22.5 Å². The van der Waals surface area contributed by atoms with Gasteiger partial charge in [-0.15, -0.1) is 11.3 Å². The summed E-state index contributed by atoms with van der Waals surface area (Å²) in [5, 5.41) is 3.78. The van der Waals surface area contributed by atoms with Crippen LogP contribution in [0.2, 0.25) is 0 Å². The van der Waals surface area contributed by atoms with Crippen molar-refractivity contribution < 1.29 is 9.59 Å². The topological polar surface area (TPSA) is 62.3 Å². The van der Waals surface area contributed by atoms with Gasteiger partial charge in [0.1, 0.15) is 9.88 Å². The fraction of sp³-hybridized carbons (Fsp3) is 0.227. The van der Waals surface area contributed by atoms with E-state index in [4.69, 9.17) is 0 Å². The van der Waals surface area contributed by atoms with Crippen LogP contribution in [0.5, 0.6) is 0 Å². The number of para-hydroxylation sites is 1. The Hall–Kier alpha value is -2.99.